The monoisotopic (exact) mass is 143 g/mol. The lowest BCUT2D eigenvalue weighted by atomic mass is 10.3. The van der Waals surface area contributed by atoms with Gasteiger partial charge in [0.2, 0.25) is 0 Å². The molecular formula is C7H13NS. The third-order valence-corrected chi connectivity index (χ3v) is 3.15. The first-order valence-corrected chi connectivity index (χ1v) is 4.38. The second kappa shape index (κ2) is 2.74. The molecule has 0 radical (unpaired) electrons. The number of hydrogen-bond donors (Lipinski definition) is 0. The molecule has 0 fully saturated rings. The molecule has 9 heavy (non-hydrogen) atoms. The second-order valence-corrected chi connectivity index (χ2v) is 3.94. The summed E-state index contributed by atoms with van der Waals surface area (Å²) in [5, 5.41) is 1.22. The minimum atomic E-state index is 0.556. The fraction of sp³-hybridized carbons (Fsp3) is 0.857. The maximum absolute atomic E-state index is 4.47. The van der Waals surface area contributed by atoms with Gasteiger partial charge in [0.15, 0.2) is 0 Å². The molecule has 1 rings (SSSR count). The minimum absolute atomic E-state index is 0.556. The molecule has 0 N–H and O–H groups in total. The molecule has 0 amide bonds. The minimum Gasteiger partial charge on any atom is -0.279 e. The van der Waals surface area contributed by atoms with Crippen LogP contribution in [0.5, 0.6) is 0 Å². The van der Waals surface area contributed by atoms with Crippen molar-refractivity contribution < 1.29 is 0 Å². The molecule has 52 valence electrons. The van der Waals surface area contributed by atoms with Crippen LogP contribution in [0, 0.1) is 0 Å². The summed E-state index contributed by atoms with van der Waals surface area (Å²) in [5.74, 6) is 0. The molecule has 0 aromatic carbocycles. The van der Waals surface area contributed by atoms with Crippen molar-refractivity contribution in [1.29, 1.82) is 0 Å². The summed E-state index contributed by atoms with van der Waals surface area (Å²) in [4.78, 5) is 4.47. The van der Waals surface area contributed by atoms with Gasteiger partial charge in [-0.15, -0.1) is 11.8 Å². The lowest BCUT2D eigenvalue weighted by molar-refractivity contribution is 0.880. The first-order valence-electron chi connectivity index (χ1n) is 3.43. The first-order chi connectivity index (χ1) is 4.24. The van der Waals surface area contributed by atoms with Crippen LogP contribution in [0.3, 0.4) is 0 Å². The molecule has 0 unspecified atom stereocenters. The van der Waals surface area contributed by atoms with E-state index in [0.29, 0.717) is 10.6 Å². The SMILES string of the molecule is CC[C@@H]1N=C(C)[C@@H](C)S1. The predicted octanol–water partition coefficient (Wildman–Crippen LogP) is 2.32. The van der Waals surface area contributed by atoms with Crippen molar-refractivity contribution in [3.63, 3.8) is 0 Å². The zero-order valence-corrected chi connectivity index (χ0v) is 7.03. The van der Waals surface area contributed by atoms with Crippen molar-refractivity contribution >= 4 is 17.5 Å². The molecule has 0 bridgehead atoms. The van der Waals surface area contributed by atoms with E-state index in [1.165, 1.54) is 12.1 Å². The van der Waals surface area contributed by atoms with Gasteiger partial charge in [-0.1, -0.05) is 6.92 Å². The molecule has 0 saturated carbocycles. The Hall–Kier alpha value is 0.0200. The van der Waals surface area contributed by atoms with E-state index in [1.807, 2.05) is 11.8 Å². The Labute approximate surface area is 60.9 Å². The number of rotatable bonds is 1. The highest BCUT2D eigenvalue weighted by Gasteiger charge is 2.19. The predicted molar refractivity (Wildman–Crippen MR) is 44.2 cm³/mol. The Morgan fingerprint density at radius 2 is 2.33 bits per heavy atom. The van der Waals surface area contributed by atoms with Crippen LogP contribution in [0.25, 0.3) is 0 Å². The lowest BCUT2D eigenvalue weighted by Gasteiger charge is -2.01. The van der Waals surface area contributed by atoms with Crippen molar-refractivity contribution in [2.24, 2.45) is 4.99 Å². The van der Waals surface area contributed by atoms with E-state index in [9.17, 15) is 0 Å². The van der Waals surface area contributed by atoms with Crippen LogP contribution in [0.4, 0.5) is 0 Å². The van der Waals surface area contributed by atoms with Crippen LogP contribution in [0.1, 0.15) is 27.2 Å². The summed E-state index contributed by atoms with van der Waals surface area (Å²) >= 11 is 1.97. The maximum Gasteiger partial charge on any atom is 0.0954 e. The first kappa shape index (κ1) is 7.13. The highest BCUT2D eigenvalue weighted by Crippen LogP contribution is 2.28. The fourth-order valence-corrected chi connectivity index (χ4v) is 2.03. The molecule has 0 spiro atoms. The van der Waals surface area contributed by atoms with Crippen LogP contribution in [0.2, 0.25) is 0 Å². The van der Waals surface area contributed by atoms with Crippen molar-refractivity contribution in [3.05, 3.63) is 0 Å². The Balaban J connectivity index is 2.52. The van der Waals surface area contributed by atoms with Crippen molar-refractivity contribution in [2.45, 2.75) is 37.8 Å². The van der Waals surface area contributed by atoms with Gasteiger partial charge < -0.3 is 0 Å². The molecule has 0 aliphatic carbocycles. The van der Waals surface area contributed by atoms with E-state index >= 15 is 0 Å². The highest BCUT2D eigenvalue weighted by atomic mass is 32.2. The molecule has 1 heterocycles. The van der Waals surface area contributed by atoms with Crippen molar-refractivity contribution in [1.82, 2.24) is 0 Å². The molecule has 0 saturated heterocycles. The Bertz CT molecular complexity index is 131. The van der Waals surface area contributed by atoms with Crippen molar-refractivity contribution in [2.75, 3.05) is 0 Å². The summed E-state index contributed by atoms with van der Waals surface area (Å²) in [5.41, 5.74) is 1.31. The van der Waals surface area contributed by atoms with Gasteiger partial charge in [-0.05, 0) is 20.3 Å². The summed E-state index contributed by atoms with van der Waals surface area (Å²) < 4.78 is 0. The summed E-state index contributed by atoms with van der Waals surface area (Å²) in [7, 11) is 0. The van der Waals surface area contributed by atoms with Crippen molar-refractivity contribution in [3.8, 4) is 0 Å². The van der Waals surface area contributed by atoms with Gasteiger partial charge in [0.05, 0.1) is 5.37 Å². The molecular weight excluding hydrogens is 130 g/mol. The van der Waals surface area contributed by atoms with Crippen LogP contribution < -0.4 is 0 Å². The number of aliphatic imine (C=N–C) groups is 1. The van der Waals surface area contributed by atoms with Gasteiger partial charge in [0.25, 0.3) is 0 Å². The Kier molecular flexibility index (Phi) is 2.17. The molecule has 1 aliphatic heterocycles. The Morgan fingerprint density at radius 3 is 2.56 bits per heavy atom. The largest absolute Gasteiger partial charge is 0.279 e. The summed E-state index contributed by atoms with van der Waals surface area (Å²) in [6.45, 7) is 6.53. The summed E-state index contributed by atoms with van der Waals surface area (Å²) in [6.07, 6.45) is 1.17. The van der Waals surface area contributed by atoms with E-state index in [2.05, 4.69) is 25.8 Å². The van der Waals surface area contributed by atoms with Crippen LogP contribution in [0.15, 0.2) is 4.99 Å². The Morgan fingerprint density at radius 1 is 1.67 bits per heavy atom. The number of thioether (sulfide) groups is 1. The molecule has 0 aromatic rings. The van der Waals surface area contributed by atoms with E-state index in [4.69, 9.17) is 0 Å². The topological polar surface area (TPSA) is 12.4 Å². The molecule has 1 aliphatic rings. The summed E-state index contributed by atoms with van der Waals surface area (Å²) in [6, 6.07) is 0. The van der Waals surface area contributed by atoms with Crippen LogP contribution >= 0.6 is 11.8 Å². The normalized spacial score (nSPS) is 34.8. The second-order valence-electron chi connectivity index (χ2n) is 2.41. The molecule has 2 heteroatoms. The molecule has 2 atom stereocenters. The third-order valence-electron chi connectivity index (χ3n) is 1.65. The zero-order chi connectivity index (χ0) is 6.85. The third kappa shape index (κ3) is 1.48. The smallest absolute Gasteiger partial charge is 0.0954 e. The van der Waals surface area contributed by atoms with Gasteiger partial charge in [-0.2, -0.15) is 0 Å². The lowest BCUT2D eigenvalue weighted by Crippen LogP contribution is -2.01. The van der Waals surface area contributed by atoms with Gasteiger partial charge in [0, 0.05) is 11.0 Å². The number of nitrogens with zero attached hydrogens (tertiary/aromatic N) is 1. The quantitative estimate of drug-likeness (QED) is 0.548. The van der Waals surface area contributed by atoms with Gasteiger partial charge in [0.1, 0.15) is 0 Å². The van der Waals surface area contributed by atoms with Gasteiger partial charge in [-0.3, -0.25) is 4.99 Å². The van der Waals surface area contributed by atoms with E-state index in [1.54, 1.807) is 0 Å². The van der Waals surface area contributed by atoms with E-state index in [0.717, 1.165) is 0 Å². The van der Waals surface area contributed by atoms with Gasteiger partial charge in [-0.25, -0.2) is 0 Å². The van der Waals surface area contributed by atoms with E-state index in [-0.39, 0.29) is 0 Å². The van der Waals surface area contributed by atoms with Gasteiger partial charge >= 0.3 is 0 Å². The molecule has 0 aromatic heterocycles. The average molecular weight is 143 g/mol. The maximum atomic E-state index is 4.47. The van der Waals surface area contributed by atoms with E-state index < -0.39 is 0 Å². The standard InChI is InChI=1S/C7H13NS/c1-4-7-8-5(2)6(3)9-7/h6-7H,4H2,1-3H3/t6-,7-/m1/s1. The fourth-order valence-electron chi connectivity index (χ4n) is 0.884. The zero-order valence-electron chi connectivity index (χ0n) is 6.22. The molecule has 1 nitrogen and oxygen atoms in total. The van der Waals surface area contributed by atoms with Crippen LogP contribution in [-0.2, 0) is 0 Å². The average Bonchev–Trinajstić information content (AvgIpc) is 2.13. The van der Waals surface area contributed by atoms with Crippen LogP contribution in [-0.4, -0.2) is 16.3 Å². The number of hydrogen-bond acceptors (Lipinski definition) is 2. The highest BCUT2D eigenvalue weighted by molar-refractivity contribution is 8.01.